The molecular weight excluding hydrogens is 384 g/mol. The average Bonchev–Trinajstić information content (AvgIpc) is 2.75. The first-order valence-electron chi connectivity index (χ1n) is 9.46. The third-order valence-electron chi connectivity index (χ3n) is 5.02. The van der Waals surface area contributed by atoms with Gasteiger partial charge in [-0.3, -0.25) is 9.65 Å². The van der Waals surface area contributed by atoms with E-state index in [0.717, 1.165) is 11.1 Å². The van der Waals surface area contributed by atoms with E-state index in [4.69, 9.17) is 0 Å². The Morgan fingerprint density at radius 1 is 0.966 bits per heavy atom. The molecule has 2 atom stereocenters. The van der Waals surface area contributed by atoms with Crippen molar-refractivity contribution in [3.8, 4) is 0 Å². The molecule has 0 saturated heterocycles. The molecule has 0 aliphatic heterocycles. The minimum absolute atomic E-state index is 0.173. The lowest BCUT2D eigenvalue weighted by atomic mass is 9.89. The number of hydrogen-bond acceptors (Lipinski definition) is 2. The van der Waals surface area contributed by atoms with Crippen molar-refractivity contribution < 1.29 is 14.1 Å². The average molecular weight is 409 g/mol. The number of benzene rings is 3. The Balaban J connectivity index is 2.14. The summed E-state index contributed by atoms with van der Waals surface area (Å²) in [5.74, 6) is -0.737. The maximum absolute atomic E-state index is 14.4. The molecule has 150 valence electrons. The predicted octanol–water partition coefficient (Wildman–Crippen LogP) is 4.57. The van der Waals surface area contributed by atoms with Crippen molar-refractivity contribution in [2.24, 2.45) is 5.92 Å². The zero-order valence-electron chi connectivity index (χ0n) is 16.3. The van der Waals surface area contributed by atoms with Gasteiger partial charge in [0.05, 0.1) is 6.61 Å². The molecule has 29 heavy (non-hydrogen) atoms. The van der Waals surface area contributed by atoms with Crippen molar-refractivity contribution in [2.45, 2.75) is 13.0 Å². The van der Waals surface area contributed by atoms with Crippen LogP contribution < -0.4 is 15.7 Å². The van der Waals surface area contributed by atoms with Crippen molar-refractivity contribution >= 4 is 17.9 Å². The third kappa shape index (κ3) is 4.73. The molecule has 0 spiro atoms. The molecule has 2 N–H and O–H groups in total. The molecule has 5 heteroatoms. The van der Waals surface area contributed by atoms with Crippen LogP contribution in [0.2, 0.25) is 0 Å². The maximum atomic E-state index is 14.4. The molecule has 0 aliphatic carbocycles. The lowest BCUT2D eigenvalue weighted by Gasteiger charge is -2.32. The number of nitrogens with one attached hydrogen (secondary N) is 1. The fourth-order valence-corrected chi connectivity index (χ4v) is 5.88. The van der Waals surface area contributed by atoms with Gasteiger partial charge in [-0.1, -0.05) is 60.7 Å². The Labute approximate surface area is 171 Å². The van der Waals surface area contributed by atoms with Gasteiger partial charge in [-0.15, -0.1) is 0 Å². The number of aliphatic hydroxyl groups excluding tert-OH is 1. The summed E-state index contributed by atoms with van der Waals surface area (Å²) >= 11 is 0. The summed E-state index contributed by atoms with van der Waals surface area (Å²) in [7, 11) is -3.26. The van der Waals surface area contributed by atoms with E-state index < -0.39 is 13.3 Å². The van der Waals surface area contributed by atoms with E-state index in [1.807, 2.05) is 67.6 Å². The van der Waals surface area contributed by atoms with Crippen LogP contribution in [0.4, 0.5) is 4.39 Å². The van der Waals surface area contributed by atoms with E-state index in [0.29, 0.717) is 10.6 Å². The molecule has 0 aliphatic rings. The van der Waals surface area contributed by atoms with Crippen molar-refractivity contribution in [3.63, 3.8) is 0 Å². The minimum atomic E-state index is -3.26. The van der Waals surface area contributed by atoms with E-state index in [-0.39, 0.29) is 18.3 Å². The van der Waals surface area contributed by atoms with E-state index in [9.17, 15) is 14.1 Å². The highest BCUT2D eigenvalue weighted by Gasteiger charge is 2.34. The molecule has 3 aromatic rings. The number of aliphatic hydroxyl groups is 1. The van der Waals surface area contributed by atoms with Gasteiger partial charge < -0.3 is 5.11 Å². The molecule has 3 nitrogen and oxygen atoms in total. The summed E-state index contributed by atoms with van der Waals surface area (Å²) < 4.78 is 27.9. The highest BCUT2D eigenvalue weighted by Crippen LogP contribution is 2.44. The fraction of sp³-hybridized carbons (Fsp3) is 0.167. The lowest BCUT2D eigenvalue weighted by molar-refractivity contribution is 0.222. The number of rotatable bonds is 8. The van der Waals surface area contributed by atoms with Crippen LogP contribution in [-0.2, 0) is 4.57 Å². The molecule has 0 heterocycles. The van der Waals surface area contributed by atoms with Crippen LogP contribution in [-0.4, -0.2) is 11.7 Å². The standard InChI is InChI=1S/C24H25FNO2P/c1-18(2)23(17-27)24(19-13-15-20(25)16-14-19)26-29(28,21-9-5-3-6-10-21)22-11-7-4-8-12-22/h3-16,23-24,27H,1,17H2,2H3,(H,26,28). The molecule has 0 aromatic heterocycles. The highest BCUT2D eigenvalue weighted by atomic mass is 31.2. The molecule has 0 saturated carbocycles. The van der Waals surface area contributed by atoms with Crippen LogP contribution in [0.25, 0.3) is 0 Å². The van der Waals surface area contributed by atoms with Gasteiger partial charge >= 0.3 is 0 Å². The molecule has 3 aromatic carbocycles. The van der Waals surface area contributed by atoms with Gasteiger partial charge in [0.1, 0.15) is 5.82 Å². The molecule has 0 amide bonds. The SMILES string of the molecule is C=C(C)C(CO)C(NP(=O)(c1ccccc1)c1ccccc1)c1ccc(F)cc1. The zero-order chi connectivity index (χ0) is 20.9. The minimum Gasteiger partial charge on any atom is -0.396 e. The number of halogens is 1. The van der Waals surface area contributed by atoms with E-state index in [1.165, 1.54) is 12.1 Å². The van der Waals surface area contributed by atoms with Gasteiger partial charge in [-0.2, -0.15) is 0 Å². The molecule has 0 fully saturated rings. The van der Waals surface area contributed by atoms with Gasteiger partial charge in [-0.25, -0.2) is 4.39 Å². The van der Waals surface area contributed by atoms with Crippen LogP contribution in [0, 0.1) is 11.7 Å². The molecule has 3 rings (SSSR count). The third-order valence-corrected chi connectivity index (χ3v) is 7.71. The summed E-state index contributed by atoms with van der Waals surface area (Å²) in [4.78, 5) is 0. The monoisotopic (exact) mass is 409 g/mol. The van der Waals surface area contributed by atoms with Crippen molar-refractivity contribution in [1.29, 1.82) is 0 Å². The van der Waals surface area contributed by atoms with Gasteiger partial charge in [0.25, 0.3) is 0 Å². The van der Waals surface area contributed by atoms with Gasteiger partial charge in [0.2, 0.25) is 7.29 Å². The van der Waals surface area contributed by atoms with E-state index >= 15 is 0 Å². The lowest BCUT2D eigenvalue weighted by Crippen LogP contribution is -2.35. The zero-order valence-corrected chi connectivity index (χ0v) is 17.2. The van der Waals surface area contributed by atoms with Gasteiger partial charge in [0.15, 0.2) is 0 Å². The molecule has 0 bridgehead atoms. The quantitative estimate of drug-likeness (QED) is 0.423. The number of hydrogen-bond donors (Lipinski definition) is 2. The normalized spacial score (nSPS) is 13.6. The Morgan fingerprint density at radius 2 is 1.45 bits per heavy atom. The summed E-state index contributed by atoms with van der Waals surface area (Å²) in [5, 5.41) is 14.7. The summed E-state index contributed by atoms with van der Waals surface area (Å²) in [5.41, 5.74) is 1.49. The smallest absolute Gasteiger partial charge is 0.205 e. The largest absolute Gasteiger partial charge is 0.396 e. The first-order valence-corrected chi connectivity index (χ1v) is 11.2. The first kappa shape index (κ1) is 21.2. The molecule has 0 radical (unpaired) electrons. The second-order valence-electron chi connectivity index (χ2n) is 7.07. The second-order valence-corrected chi connectivity index (χ2v) is 9.58. The van der Waals surface area contributed by atoms with Crippen LogP contribution in [0.1, 0.15) is 18.5 Å². The predicted molar refractivity (Wildman–Crippen MR) is 117 cm³/mol. The molecular formula is C24H25FNO2P. The van der Waals surface area contributed by atoms with Gasteiger partial charge in [0, 0.05) is 22.6 Å². The Bertz CT molecular complexity index is 947. The van der Waals surface area contributed by atoms with Crippen molar-refractivity contribution in [1.82, 2.24) is 5.09 Å². The summed E-state index contributed by atoms with van der Waals surface area (Å²) in [6, 6.07) is 24.0. The Hall–Kier alpha value is -2.52. The van der Waals surface area contributed by atoms with Crippen molar-refractivity contribution in [3.05, 3.63) is 108 Å². The van der Waals surface area contributed by atoms with Crippen LogP contribution in [0.15, 0.2) is 97.1 Å². The second kappa shape index (κ2) is 9.32. The highest BCUT2D eigenvalue weighted by molar-refractivity contribution is 7.76. The van der Waals surface area contributed by atoms with E-state index in [2.05, 4.69) is 11.7 Å². The van der Waals surface area contributed by atoms with Crippen LogP contribution in [0.5, 0.6) is 0 Å². The Morgan fingerprint density at radius 3 is 1.86 bits per heavy atom. The van der Waals surface area contributed by atoms with Gasteiger partial charge in [-0.05, 0) is 48.9 Å². The molecule has 2 unspecified atom stereocenters. The van der Waals surface area contributed by atoms with Crippen molar-refractivity contribution in [2.75, 3.05) is 6.61 Å². The first-order chi connectivity index (χ1) is 14.0. The van der Waals surface area contributed by atoms with Crippen LogP contribution >= 0.6 is 7.29 Å². The maximum Gasteiger partial charge on any atom is 0.205 e. The summed E-state index contributed by atoms with van der Waals surface area (Å²) in [6.45, 7) is 5.66. The summed E-state index contributed by atoms with van der Waals surface area (Å²) in [6.07, 6.45) is 0. The Kier molecular flexibility index (Phi) is 6.81. The topological polar surface area (TPSA) is 49.3 Å². The van der Waals surface area contributed by atoms with E-state index in [1.54, 1.807) is 12.1 Å². The van der Waals surface area contributed by atoms with Crippen LogP contribution in [0.3, 0.4) is 0 Å². The fourth-order valence-electron chi connectivity index (χ4n) is 3.38.